The first-order chi connectivity index (χ1) is 15.6. The van der Waals surface area contributed by atoms with E-state index in [-0.39, 0.29) is 18.2 Å². The van der Waals surface area contributed by atoms with Crippen molar-refractivity contribution in [3.05, 3.63) is 71.9 Å². The van der Waals surface area contributed by atoms with Crippen LogP contribution in [-0.4, -0.2) is 49.1 Å². The van der Waals surface area contributed by atoms with Gasteiger partial charge >= 0.3 is 0 Å². The SMILES string of the molecule is CC(NC(=O)Cc1cccc2ccccc12)C(=O)NCc1ccc(N2CCOCC2)nc1. The van der Waals surface area contributed by atoms with Crippen LogP contribution in [0.1, 0.15) is 18.1 Å². The van der Waals surface area contributed by atoms with Crippen LogP contribution in [0.25, 0.3) is 10.8 Å². The minimum Gasteiger partial charge on any atom is -0.378 e. The average Bonchev–Trinajstić information content (AvgIpc) is 2.83. The van der Waals surface area contributed by atoms with Crippen LogP contribution in [0.2, 0.25) is 0 Å². The second-order valence-corrected chi connectivity index (χ2v) is 7.95. The summed E-state index contributed by atoms with van der Waals surface area (Å²) in [6.07, 6.45) is 2.00. The molecular formula is C25H28N4O3. The number of fused-ring (bicyclic) bond motifs is 1. The number of amides is 2. The van der Waals surface area contributed by atoms with E-state index in [1.54, 1.807) is 13.1 Å². The van der Waals surface area contributed by atoms with E-state index in [9.17, 15) is 9.59 Å². The Morgan fingerprint density at radius 1 is 1.06 bits per heavy atom. The molecule has 1 atom stereocenters. The van der Waals surface area contributed by atoms with Crippen molar-refractivity contribution < 1.29 is 14.3 Å². The zero-order valence-electron chi connectivity index (χ0n) is 18.2. The van der Waals surface area contributed by atoms with Crippen molar-refractivity contribution in [2.45, 2.75) is 25.9 Å². The normalized spacial score (nSPS) is 14.7. The zero-order chi connectivity index (χ0) is 22.3. The number of hydrogen-bond donors (Lipinski definition) is 2. The van der Waals surface area contributed by atoms with Crippen molar-refractivity contribution >= 4 is 28.4 Å². The fourth-order valence-corrected chi connectivity index (χ4v) is 3.82. The lowest BCUT2D eigenvalue weighted by atomic mass is 10.0. The van der Waals surface area contributed by atoms with Crippen LogP contribution >= 0.6 is 0 Å². The number of rotatable bonds is 7. The third-order valence-corrected chi connectivity index (χ3v) is 5.61. The van der Waals surface area contributed by atoms with Crippen LogP contribution in [0.15, 0.2) is 60.8 Å². The lowest BCUT2D eigenvalue weighted by Crippen LogP contribution is -2.45. The van der Waals surface area contributed by atoms with Gasteiger partial charge < -0.3 is 20.3 Å². The van der Waals surface area contributed by atoms with Crippen LogP contribution in [0, 0.1) is 0 Å². The lowest BCUT2D eigenvalue weighted by Gasteiger charge is -2.27. The number of nitrogens with one attached hydrogen (secondary N) is 2. The van der Waals surface area contributed by atoms with Crippen molar-refractivity contribution in [1.29, 1.82) is 0 Å². The van der Waals surface area contributed by atoms with Crippen LogP contribution in [0.4, 0.5) is 5.82 Å². The molecular weight excluding hydrogens is 404 g/mol. The Balaban J connectivity index is 1.26. The number of carbonyl (C=O) groups is 2. The van der Waals surface area contributed by atoms with Gasteiger partial charge in [-0.3, -0.25) is 9.59 Å². The Morgan fingerprint density at radius 2 is 1.84 bits per heavy atom. The molecule has 0 radical (unpaired) electrons. The summed E-state index contributed by atoms with van der Waals surface area (Å²) in [5.74, 6) is 0.506. The Kier molecular flexibility index (Phi) is 6.97. The molecule has 1 saturated heterocycles. The maximum Gasteiger partial charge on any atom is 0.242 e. The van der Waals surface area contributed by atoms with Crippen molar-refractivity contribution in [3.8, 4) is 0 Å². The van der Waals surface area contributed by atoms with E-state index in [1.807, 2.05) is 54.6 Å². The number of aromatic nitrogens is 1. The fourth-order valence-electron chi connectivity index (χ4n) is 3.82. The molecule has 32 heavy (non-hydrogen) atoms. The quantitative estimate of drug-likeness (QED) is 0.599. The highest BCUT2D eigenvalue weighted by atomic mass is 16.5. The first kappa shape index (κ1) is 21.8. The van der Waals surface area contributed by atoms with Gasteiger partial charge in [0.15, 0.2) is 0 Å². The third kappa shape index (κ3) is 5.42. The maximum absolute atomic E-state index is 12.5. The largest absolute Gasteiger partial charge is 0.378 e. The van der Waals surface area contributed by atoms with E-state index < -0.39 is 6.04 Å². The number of anilines is 1. The molecule has 3 aromatic rings. The maximum atomic E-state index is 12.5. The molecule has 2 aromatic carbocycles. The van der Waals surface area contributed by atoms with Crippen LogP contribution in [0.3, 0.4) is 0 Å². The molecule has 1 unspecified atom stereocenters. The van der Waals surface area contributed by atoms with Gasteiger partial charge in [-0.2, -0.15) is 0 Å². The Morgan fingerprint density at radius 3 is 2.62 bits per heavy atom. The number of benzene rings is 2. The highest BCUT2D eigenvalue weighted by Gasteiger charge is 2.17. The van der Waals surface area contributed by atoms with Gasteiger partial charge in [0.25, 0.3) is 0 Å². The number of ether oxygens (including phenoxy) is 1. The first-order valence-electron chi connectivity index (χ1n) is 10.9. The molecule has 0 spiro atoms. The number of pyridine rings is 1. The number of carbonyl (C=O) groups excluding carboxylic acids is 2. The second kappa shape index (κ2) is 10.2. The molecule has 1 aliphatic rings. The molecule has 1 aromatic heterocycles. The lowest BCUT2D eigenvalue weighted by molar-refractivity contribution is -0.128. The van der Waals surface area contributed by atoms with E-state index >= 15 is 0 Å². The minimum atomic E-state index is -0.627. The standard InChI is InChI=1S/C25H28N4O3/c1-18(28-24(30)15-21-7-4-6-20-5-2-3-8-22(20)21)25(31)27-17-19-9-10-23(26-16-19)29-11-13-32-14-12-29/h2-10,16,18H,11-15,17H2,1H3,(H,27,31)(H,28,30). The molecule has 2 amide bonds. The average molecular weight is 433 g/mol. The predicted molar refractivity (Wildman–Crippen MR) is 124 cm³/mol. The molecule has 166 valence electrons. The smallest absolute Gasteiger partial charge is 0.242 e. The summed E-state index contributed by atoms with van der Waals surface area (Å²) in [5, 5.41) is 7.81. The third-order valence-electron chi connectivity index (χ3n) is 5.61. The predicted octanol–water partition coefficient (Wildman–Crippen LogP) is 2.43. The molecule has 1 fully saturated rings. The number of morpholine rings is 1. The topological polar surface area (TPSA) is 83.6 Å². The number of nitrogens with zero attached hydrogens (tertiary/aromatic N) is 2. The second-order valence-electron chi connectivity index (χ2n) is 7.95. The number of hydrogen-bond acceptors (Lipinski definition) is 5. The van der Waals surface area contributed by atoms with E-state index in [0.29, 0.717) is 19.8 Å². The van der Waals surface area contributed by atoms with Gasteiger partial charge in [0.1, 0.15) is 11.9 Å². The molecule has 7 nitrogen and oxygen atoms in total. The molecule has 0 aliphatic carbocycles. The molecule has 1 aliphatic heterocycles. The highest BCUT2D eigenvalue weighted by molar-refractivity contribution is 5.92. The van der Waals surface area contributed by atoms with Gasteiger partial charge in [-0.1, -0.05) is 48.5 Å². The molecule has 7 heteroatoms. The Labute approximate surface area is 187 Å². The van der Waals surface area contributed by atoms with Crippen molar-refractivity contribution in [2.24, 2.45) is 0 Å². The fraction of sp³-hybridized carbons (Fsp3) is 0.320. The minimum absolute atomic E-state index is 0.180. The monoisotopic (exact) mass is 432 g/mol. The summed E-state index contributed by atoms with van der Waals surface area (Å²) in [6, 6.07) is 17.2. The summed E-state index contributed by atoms with van der Waals surface area (Å²) in [5.41, 5.74) is 1.85. The molecule has 2 heterocycles. The van der Waals surface area contributed by atoms with Gasteiger partial charge in [-0.25, -0.2) is 4.98 Å². The van der Waals surface area contributed by atoms with Gasteiger partial charge in [-0.15, -0.1) is 0 Å². The highest BCUT2D eigenvalue weighted by Crippen LogP contribution is 2.19. The molecule has 0 saturated carbocycles. The van der Waals surface area contributed by atoms with E-state index in [4.69, 9.17) is 4.74 Å². The van der Waals surface area contributed by atoms with E-state index in [2.05, 4.69) is 20.5 Å². The van der Waals surface area contributed by atoms with Crippen LogP contribution in [0.5, 0.6) is 0 Å². The summed E-state index contributed by atoms with van der Waals surface area (Å²) in [6.45, 7) is 5.14. The summed E-state index contributed by atoms with van der Waals surface area (Å²) >= 11 is 0. The molecule has 0 bridgehead atoms. The summed E-state index contributed by atoms with van der Waals surface area (Å²) in [7, 11) is 0. The molecule has 2 N–H and O–H groups in total. The van der Waals surface area contributed by atoms with E-state index in [1.165, 1.54) is 0 Å². The molecule has 4 rings (SSSR count). The van der Waals surface area contributed by atoms with Gasteiger partial charge in [0.05, 0.1) is 19.6 Å². The summed E-state index contributed by atoms with van der Waals surface area (Å²) < 4.78 is 5.36. The van der Waals surface area contributed by atoms with Crippen molar-refractivity contribution in [3.63, 3.8) is 0 Å². The van der Waals surface area contributed by atoms with Crippen LogP contribution in [-0.2, 0) is 27.3 Å². The van der Waals surface area contributed by atoms with Crippen LogP contribution < -0.4 is 15.5 Å². The zero-order valence-corrected chi connectivity index (χ0v) is 18.2. The van der Waals surface area contributed by atoms with Crippen molar-refractivity contribution in [2.75, 3.05) is 31.2 Å². The van der Waals surface area contributed by atoms with E-state index in [0.717, 1.165) is 40.8 Å². The van der Waals surface area contributed by atoms with Gasteiger partial charge in [0.2, 0.25) is 11.8 Å². The first-order valence-corrected chi connectivity index (χ1v) is 10.9. The van der Waals surface area contributed by atoms with Crippen molar-refractivity contribution in [1.82, 2.24) is 15.6 Å². The Hall–Kier alpha value is -3.45. The van der Waals surface area contributed by atoms with Gasteiger partial charge in [-0.05, 0) is 34.9 Å². The Bertz CT molecular complexity index is 1070. The van der Waals surface area contributed by atoms with Gasteiger partial charge in [0, 0.05) is 25.8 Å². The summed E-state index contributed by atoms with van der Waals surface area (Å²) in [4.78, 5) is 31.7.